The molecule has 0 radical (unpaired) electrons. The van der Waals surface area contributed by atoms with Gasteiger partial charge in [0.1, 0.15) is 5.82 Å². The van der Waals surface area contributed by atoms with Gasteiger partial charge in [-0.2, -0.15) is 0 Å². The summed E-state index contributed by atoms with van der Waals surface area (Å²) in [6.07, 6.45) is 4.28. The van der Waals surface area contributed by atoms with Crippen molar-refractivity contribution in [3.63, 3.8) is 0 Å². The van der Waals surface area contributed by atoms with Gasteiger partial charge >= 0.3 is 0 Å². The van der Waals surface area contributed by atoms with E-state index >= 15 is 0 Å². The Hall–Kier alpha value is -1.35. The van der Waals surface area contributed by atoms with Crippen LogP contribution in [0.25, 0.3) is 0 Å². The van der Waals surface area contributed by atoms with Gasteiger partial charge in [-0.25, -0.2) is 4.98 Å². The zero-order valence-electron chi connectivity index (χ0n) is 11.1. The summed E-state index contributed by atoms with van der Waals surface area (Å²) in [4.78, 5) is 6.97. The van der Waals surface area contributed by atoms with Crippen LogP contribution < -0.4 is 4.90 Å². The van der Waals surface area contributed by atoms with E-state index in [-0.39, 0.29) is 0 Å². The van der Waals surface area contributed by atoms with Gasteiger partial charge in [-0.3, -0.25) is 0 Å². The topological polar surface area (TPSA) is 16.1 Å². The molecule has 0 fully saturated rings. The Balaban J connectivity index is 1.94. The van der Waals surface area contributed by atoms with Crippen LogP contribution in [-0.2, 0) is 13.0 Å². The Morgan fingerprint density at radius 3 is 2.79 bits per heavy atom. The molecule has 1 aromatic carbocycles. The molecule has 2 heterocycles. The molecule has 19 heavy (non-hydrogen) atoms. The van der Waals surface area contributed by atoms with Crippen molar-refractivity contribution in [3.05, 3.63) is 57.7 Å². The number of halogens is 1. The van der Waals surface area contributed by atoms with Crippen LogP contribution >= 0.6 is 15.9 Å². The number of pyridine rings is 1. The molecule has 1 aliphatic heterocycles. The Labute approximate surface area is 122 Å². The van der Waals surface area contributed by atoms with Gasteiger partial charge in [0.25, 0.3) is 0 Å². The normalized spacial score (nSPS) is 14.9. The van der Waals surface area contributed by atoms with Gasteiger partial charge in [0.2, 0.25) is 0 Å². The second kappa shape index (κ2) is 5.33. The molecule has 0 atom stereocenters. The van der Waals surface area contributed by atoms with Crippen molar-refractivity contribution in [1.82, 2.24) is 4.98 Å². The molecule has 0 unspecified atom stereocenters. The third kappa shape index (κ3) is 2.66. The van der Waals surface area contributed by atoms with E-state index < -0.39 is 0 Å². The van der Waals surface area contributed by atoms with E-state index in [2.05, 4.69) is 63.1 Å². The standard InChI is InChI=1S/C16H17BrN2/c1-12-9-15(17)16(18-10-12)19-8-4-7-13-5-2-3-6-14(13)11-19/h2-3,5-6,9-10H,4,7-8,11H2,1H3. The number of fused-ring (bicyclic) bond motifs is 1. The highest BCUT2D eigenvalue weighted by Crippen LogP contribution is 2.28. The Bertz CT molecular complexity index is 595. The summed E-state index contributed by atoms with van der Waals surface area (Å²) in [7, 11) is 0. The maximum absolute atomic E-state index is 4.60. The number of aryl methyl sites for hydroxylation is 2. The van der Waals surface area contributed by atoms with Crippen LogP contribution in [0.1, 0.15) is 23.1 Å². The molecular weight excluding hydrogens is 300 g/mol. The molecule has 0 saturated heterocycles. The fourth-order valence-corrected chi connectivity index (χ4v) is 3.35. The molecule has 0 saturated carbocycles. The SMILES string of the molecule is Cc1cnc(N2CCCc3ccccc3C2)c(Br)c1. The minimum absolute atomic E-state index is 0.949. The van der Waals surface area contributed by atoms with Crippen molar-refractivity contribution in [1.29, 1.82) is 0 Å². The number of rotatable bonds is 1. The van der Waals surface area contributed by atoms with Crippen molar-refractivity contribution < 1.29 is 0 Å². The monoisotopic (exact) mass is 316 g/mol. The van der Waals surface area contributed by atoms with Gasteiger partial charge in [-0.05, 0) is 58.5 Å². The van der Waals surface area contributed by atoms with Crippen LogP contribution in [0.4, 0.5) is 5.82 Å². The highest BCUT2D eigenvalue weighted by Gasteiger charge is 2.17. The summed E-state index contributed by atoms with van der Waals surface area (Å²) in [6.45, 7) is 4.08. The van der Waals surface area contributed by atoms with E-state index in [1.54, 1.807) is 0 Å². The second-order valence-electron chi connectivity index (χ2n) is 5.11. The predicted octanol–water partition coefficient (Wildman–Crippen LogP) is 4.11. The lowest BCUT2D eigenvalue weighted by atomic mass is 10.0. The van der Waals surface area contributed by atoms with Gasteiger partial charge < -0.3 is 4.90 Å². The van der Waals surface area contributed by atoms with E-state index in [0.717, 1.165) is 29.8 Å². The number of aromatic nitrogens is 1. The van der Waals surface area contributed by atoms with Crippen LogP contribution in [0, 0.1) is 6.92 Å². The fraction of sp³-hybridized carbons (Fsp3) is 0.312. The molecule has 1 aliphatic rings. The molecule has 2 nitrogen and oxygen atoms in total. The molecular formula is C16H17BrN2. The number of hydrogen-bond donors (Lipinski definition) is 0. The average Bonchev–Trinajstić information content (AvgIpc) is 2.60. The molecule has 3 heteroatoms. The largest absolute Gasteiger partial charge is 0.351 e. The number of anilines is 1. The molecule has 0 N–H and O–H groups in total. The Morgan fingerprint density at radius 1 is 1.21 bits per heavy atom. The van der Waals surface area contributed by atoms with Crippen molar-refractivity contribution in [2.75, 3.05) is 11.4 Å². The average molecular weight is 317 g/mol. The first-order chi connectivity index (χ1) is 9.24. The van der Waals surface area contributed by atoms with Gasteiger partial charge in [-0.1, -0.05) is 24.3 Å². The zero-order chi connectivity index (χ0) is 13.2. The maximum atomic E-state index is 4.60. The third-order valence-electron chi connectivity index (χ3n) is 3.61. The summed E-state index contributed by atoms with van der Waals surface area (Å²) in [6, 6.07) is 10.9. The van der Waals surface area contributed by atoms with Crippen molar-refractivity contribution in [2.24, 2.45) is 0 Å². The highest BCUT2D eigenvalue weighted by atomic mass is 79.9. The van der Waals surface area contributed by atoms with Gasteiger partial charge in [0.05, 0.1) is 4.47 Å². The lowest BCUT2D eigenvalue weighted by Crippen LogP contribution is -2.24. The fourth-order valence-electron chi connectivity index (χ4n) is 2.64. The summed E-state index contributed by atoms with van der Waals surface area (Å²) in [5.74, 6) is 1.06. The van der Waals surface area contributed by atoms with Crippen LogP contribution in [0.15, 0.2) is 41.0 Å². The van der Waals surface area contributed by atoms with Crippen molar-refractivity contribution in [2.45, 2.75) is 26.3 Å². The predicted molar refractivity (Wildman–Crippen MR) is 82.5 cm³/mol. The van der Waals surface area contributed by atoms with Gasteiger partial charge in [0, 0.05) is 19.3 Å². The highest BCUT2D eigenvalue weighted by molar-refractivity contribution is 9.10. The summed E-state index contributed by atoms with van der Waals surface area (Å²) < 4.78 is 1.09. The molecule has 0 amide bonds. The molecule has 3 rings (SSSR count). The lowest BCUT2D eigenvalue weighted by molar-refractivity contribution is 0.752. The van der Waals surface area contributed by atoms with Crippen molar-refractivity contribution >= 4 is 21.7 Å². The van der Waals surface area contributed by atoms with E-state index in [0.29, 0.717) is 0 Å². The summed E-state index contributed by atoms with van der Waals surface area (Å²) in [5.41, 5.74) is 4.09. The van der Waals surface area contributed by atoms with Gasteiger partial charge in [0.15, 0.2) is 0 Å². The Morgan fingerprint density at radius 2 is 2.00 bits per heavy atom. The lowest BCUT2D eigenvalue weighted by Gasteiger charge is -2.23. The first-order valence-electron chi connectivity index (χ1n) is 6.68. The van der Waals surface area contributed by atoms with E-state index in [9.17, 15) is 0 Å². The number of benzene rings is 1. The smallest absolute Gasteiger partial charge is 0.143 e. The van der Waals surface area contributed by atoms with Crippen LogP contribution in [0.2, 0.25) is 0 Å². The third-order valence-corrected chi connectivity index (χ3v) is 4.20. The molecule has 98 valence electrons. The van der Waals surface area contributed by atoms with Crippen LogP contribution in [-0.4, -0.2) is 11.5 Å². The maximum Gasteiger partial charge on any atom is 0.143 e. The molecule has 2 aromatic rings. The quantitative estimate of drug-likeness (QED) is 0.787. The van der Waals surface area contributed by atoms with E-state index in [1.165, 1.54) is 23.1 Å². The zero-order valence-corrected chi connectivity index (χ0v) is 12.7. The van der Waals surface area contributed by atoms with Gasteiger partial charge in [-0.15, -0.1) is 0 Å². The van der Waals surface area contributed by atoms with Crippen molar-refractivity contribution in [3.8, 4) is 0 Å². The minimum atomic E-state index is 0.949. The molecule has 0 aliphatic carbocycles. The minimum Gasteiger partial charge on any atom is -0.351 e. The summed E-state index contributed by atoms with van der Waals surface area (Å²) >= 11 is 3.64. The number of hydrogen-bond acceptors (Lipinski definition) is 2. The summed E-state index contributed by atoms with van der Waals surface area (Å²) in [5, 5.41) is 0. The first-order valence-corrected chi connectivity index (χ1v) is 7.47. The van der Waals surface area contributed by atoms with E-state index in [1.807, 2.05) is 6.20 Å². The molecule has 0 spiro atoms. The Kier molecular flexibility index (Phi) is 3.56. The van der Waals surface area contributed by atoms with E-state index in [4.69, 9.17) is 0 Å². The van der Waals surface area contributed by atoms with Crippen LogP contribution in [0.3, 0.4) is 0 Å². The first kappa shape index (κ1) is 12.7. The molecule has 0 bridgehead atoms. The second-order valence-corrected chi connectivity index (χ2v) is 5.97. The van der Waals surface area contributed by atoms with Crippen LogP contribution in [0.5, 0.6) is 0 Å². The number of nitrogens with zero attached hydrogens (tertiary/aromatic N) is 2. The molecule has 1 aromatic heterocycles.